The first-order valence-corrected chi connectivity index (χ1v) is 7.84. The molecule has 1 aromatic heterocycles. The van der Waals surface area contributed by atoms with E-state index < -0.39 is 16.1 Å². The molecule has 15 heavy (non-hydrogen) atoms. The molecule has 1 rings (SSSR count). The first-order valence-electron chi connectivity index (χ1n) is 3.95. The largest absolute Gasteiger partial charge is 0.392 e. The molecule has 0 fully saturated rings. The summed E-state index contributed by atoms with van der Waals surface area (Å²) in [6.45, 7) is 1.52. The van der Waals surface area contributed by atoms with Crippen LogP contribution in [0.3, 0.4) is 0 Å². The fourth-order valence-corrected chi connectivity index (χ4v) is 5.75. The van der Waals surface area contributed by atoms with Gasteiger partial charge in [0.15, 0.2) is 0 Å². The molecule has 1 heterocycles. The van der Waals surface area contributed by atoms with E-state index in [-0.39, 0.29) is 11.4 Å². The van der Waals surface area contributed by atoms with Gasteiger partial charge in [-0.1, -0.05) is 0 Å². The summed E-state index contributed by atoms with van der Waals surface area (Å²) < 4.78 is 27.0. The van der Waals surface area contributed by atoms with Gasteiger partial charge in [0.1, 0.15) is 4.90 Å². The first kappa shape index (κ1) is 13.6. The molecule has 0 bridgehead atoms. The minimum Gasteiger partial charge on any atom is -0.392 e. The van der Waals surface area contributed by atoms with Gasteiger partial charge in [0.2, 0.25) is 10.0 Å². The maximum absolute atomic E-state index is 11.7. The predicted octanol–water partition coefficient (Wildman–Crippen LogP) is 1.93. The fourth-order valence-electron chi connectivity index (χ4n) is 0.816. The number of nitrogens with one attached hydrogen (secondary N) is 1. The number of hydrogen-bond acceptors (Lipinski definition) is 4. The molecule has 0 spiro atoms. The van der Waals surface area contributed by atoms with Crippen molar-refractivity contribution in [3.63, 3.8) is 0 Å². The van der Waals surface area contributed by atoms with Gasteiger partial charge in [-0.05, 0) is 44.8 Å². The molecule has 0 unspecified atom stereocenters. The van der Waals surface area contributed by atoms with Crippen LogP contribution in [-0.4, -0.2) is 26.2 Å². The second-order valence-electron chi connectivity index (χ2n) is 2.89. The molecule has 1 aromatic rings. The van der Waals surface area contributed by atoms with Crippen LogP contribution in [0.15, 0.2) is 18.5 Å². The van der Waals surface area contributed by atoms with Crippen LogP contribution in [0.25, 0.3) is 0 Å². The number of aliphatic hydroxyl groups excluding tert-OH is 1. The molecule has 8 heteroatoms. The van der Waals surface area contributed by atoms with Crippen molar-refractivity contribution in [1.82, 2.24) is 4.72 Å². The molecule has 0 aliphatic rings. The Morgan fingerprint density at radius 1 is 1.60 bits per heavy atom. The van der Waals surface area contributed by atoms with Crippen molar-refractivity contribution in [2.75, 3.05) is 6.54 Å². The number of rotatable bonds is 4. The normalized spacial score (nSPS) is 14.1. The maximum atomic E-state index is 11.7. The molecule has 0 saturated heterocycles. The third-order valence-electron chi connectivity index (χ3n) is 1.48. The highest BCUT2D eigenvalue weighted by atomic mass is 79.9. The highest BCUT2D eigenvalue weighted by Gasteiger charge is 2.20. The van der Waals surface area contributed by atoms with Gasteiger partial charge >= 0.3 is 0 Å². The van der Waals surface area contributed by atoms with E-state index in [1.54, 1.807) is 0 Å². The maximum Gasteiger partial charge on any atom is 0.242 e. The zero-order valence-electron chi connectivity index (χ0n) is 7.70. The van der Waals surface area contributed by atoms with Crippen LogP contribution in [0.4, 0.5) is 0 Å². The van der Waals surface area contributed by atoms with Gasteiger partial charge in [-0.3, -0.25) is 0 Å². The van der Waals surface area contributed by atoms with Crippen molar-refractivity contribution in [2.24, 2.45) is 0 Å². The summed E-state index contributed by atoms with van der Waals surface area (Å²) in [6, 6.07) is 1.51. The Kier molecular flexibility index (Phi) is 4.75. The van der Waals surface area contributed by atoms with Crippen LogP contribution in [0.5, 0.6) is 0 Å². The average molecular weight is 379 g/mol. The number of hydrogen-bond donors (Lipinski definition) is 2. The highest BCUT2D eigenvalue weighted by Crippen LogP contribution is 2.34. The minimum absolute atomic E-state index is 0.00222. The molecule has 86 valence electrons. The third kappa shape index (κ3) is 3.79. The molecular formula is C7H9Br2NO3S2. The van der Waals surface area contributed by atoms with Crippen LogP contribution in [0.1, 0.15) is 6.92 Å². The van der Waals surface area contributed by atoms with E-state index in [4.69, 9.17) is 5.11 Å². The first-order chi connectivity index (χ1) is 6.83. The summed E-state index contributed by atoms with van der Waals surface area (Å²) in [5, 5.41) is 8.99. The van der Waals surface area contributed by atoms with E-state index in [0.717, 1.165) is 3.79 Å². The number of halogens is 2. The summed E-state index contributed by atoms with van der Waals surface area (Å²) in [4.78, 5) is 0.181. The van der Waals surface area contributed by atoms with E-state index in [1.807, 2.05) is 0 Å². The highest BCUT2D eigenvalue weighted by molar-refractivity contribution is 9.12. The van der Waals surface area contributed by atoms with E-state index >= 15 is 0 Å². The van der Waals surface area contributed by atoms with Crippen molar-refractivity contribution in [1.29, 1.82) is 0 Å². The van der Waals surface area contributed by atoms with Gasteiger partial charge in [-0.2, -0.15) is 0 Å². The summed E-state index contributed by atoms with van der Waals surface area (Å²) in [5.74, 6) is 0. The Labute approximate surface area is 109 Å². The molecule has 0 aliphatic heterocycles. The van der Waals surface area contributed by atoms with Gasteiger partial charge in [0, 0.05) is 6.54 Å². The van der Waals surface area contributed by atoms with Crippen molar-refractivity contribution < 1.29 is 13.5 Å². The predicted molar refractivity (Wildman–Crippen MR) is 66.6 cm³/mol. The Morgan fingerprint density at radius 2 is 2.20 bits per heavy atom. The Morgan fingerprint density at radius 3 is 2.60 bits per heavy atom. The summed E-state index contributed by atoms with van der Waals surface area (Å²) in [6.07, 6.45) is -0.708. The van der Waals surface area contributed by atoms with E-state index in [9.17, 15) is 8.42 Å². The standard InChI is InChI=1S/C7H9Br2NO3S2/c1-4(11)3-10-15(12,13)5-2-6(8)14-7(5)9/h2,4,10-11H,3H2,1H3/t4-/m0/s1. The molecule has 0 saturated carbocycles. The quantitative estimate of drug-likeness (QED) is 0.841. The number of aliphatic hydroxyl groups is 1. The molecule has 1 atom stereocenters. The lowest BCUT2D eigenvalue weighted by molar-refractivity contribution is 0.198. The van der Waals surface area contributed by atoms with Crippen molar-refractivity contribution in [3.8, 4) is 0 Å². The SMILES string of the molecule is C[C@H](O)CNS(=O)(=O)c1cc(Br)sc1Br. The molecule has 2 N–H and O–H groups in total. The molecule has 4 nitrogen and oxygen atoms in total. The number of thiophene rings is 1. The lowest BCUT2D eigenvalue weighted by Crippen LogP contribution is -2.30. The second kappa shape index (κ2) is 5.24. The molecule has 0 aromatic carbocycles. The summed E-state index contributed by atoms with van der Waals surface area (Å²) >= 11 is 7.65. The van der Waals surface area contributed by atoms with E-state index in [1.165, 1.54) is 24.3 Å². The number of sulfonamides is 1. The van der Waals surface area contributed by atoms with Gasteiger partial charge in [0.25, 0.3) is 0 Å². The van der Waals surface area contributed by atoms with Crippen LogP contribution in [0.2, 0.25) is 0 Å². The van der Waals surface area contributed by atoms with Crippen LogP contribution >= 0.6 is 43.2 Å². The summed E-state index contributed by atoms with van der Waals surface area (Å²) in [7, 11) is -3.54. The Bertz CT molecular complexity index is 441. The monoisotopic (exact) mass is 377 g/mol. The van der Waals surface area contributed by atoms with Crippen LogP contribution in [-0.2, 0) is 10.0 Å². The van der Waals surface area contributed by atoms with E-state index in [0.29, 0.717) is 3.79 Å². The molecule has 0 amide bonds. The lowest BCUT2D eigenvalue weighted by Gasteiger charge is -2.06. The lowest BCUT2D eigenvalue weighted by atomic mass is 10.4. The Hall–Kier alpha value is 0.530. The van der Waals surface area contributed by atoms with Crippen LogP contribution < -0.4 is 4.72 Å². The van der Waals surface area contributed by atoms with Crippen molar-refractivity contribution >= 4 is 53.2 Å². The Balaban J connectivity index is 2.91. The van der Waals surface area contributed by atoms with Gasteiger partial charge < -0.3 is 5.11 Å². The molecular weight excluding hydrogens is 370 g/mol. The minimum atomic E-state index is -3.54. The fraction of sp³-hybridized carbons (Fsp3) is 0.429. The van der Waals surface area contributed by atoms with Crippen molar-refractivity contribution in [3.05, 3.63) is 13.6 Å². The smallest absolute Gasteiger partial charge is 0.242 e. The third-order valence-corrected chi connectivity index (χ3v) is 5.66. The topological polar surface area (TPSA) is 66.4 Å². The van der Waals surface area contributed by atoms with Gasteiger partial charge in [-0.25, -0.2) is 13.1 Å². The molecule has 0 aliphatic carbocycles. The van der Waals surface area contributed by atoms with Crippen molar-refractivity contribution in [2.45, 2.75) is 17.9 Å². The van der Waals surface area contributed by atoms with Gasteiger partial charge in [0.05, 0.1) is 13.7 Å². The van der Waals surface area contributed by atoms with E-state index in [2.05, 4.69) is 36.6 Å². The summed E-state index contributed by atoms with van der Waals surface area (Å²) in [5.41, 5.74) is 0. The zero-order valence-corrected chi connectivity index (χ0v) is 12.5. The molecule has 0 radical (unpaired) electrons. The average Bonchev–Trinajstić information content (AvgIpc) is 2.43. The second-order valence-corrected chi connectivity index (χ2v) is 8.37. The zero-order chi connectivity index (χ0) is 11.6. The van der Waals surface area contributed by atoms with Crippen LogP contribution in [0, 0.1) is 0 Å². The van der Waals surface area contributed by atoms with Gasteiger partial charge in [-0.15, -0.1) is 11.3 Å².